The Kier molecular flexibility index (Phi) is 6.46. The monoisotopic (exact) mass is 385 g/mol. The van der Waals surface area contributed by atoms with E-state index in [4.69, 9.17) is 16.3 Å². The predicted molar refractivity (Wildman–Crippen MR) is 104 cm³/mol. The first-order valence-electron chi connectivity index (χ1n) is 7.93. The van der Waals surface area contributed by atoms with Crippen LogP contribution >= 0.6 is 23.4 Å². The van der Waals surface area contributed by atoms with Gasteiger partial charge in [0, 0.05) is 35.2 Å². The molecule has 1 heterocycles. The molecular formula is C19H16ClN3O2S. The number of anilines is 1. The minimum Gasteiger partial charge on any atom is -0.424 e. The molecule has 0 spiro atoms. The zero-order chi connectivity index (χ0) is 18.2. The summed E-state index contributed by atoms with van der Waals surface area (Å²) in [6, 6.07) is 16.7. The molecule has 0 aliphatic rings. The van der Waals surface area contributed by atoms with Gasteiger partial charge in [-0.2, -0.15) is 0 Å². The van der Waals surface area contributed by atoms with Gasteiger partial charge in [0.2, 0.25) is 5.91 Å². The molecule has 1 N–H and O–H groups in total. The summed E-state index contributed by atoms with van der Waals surface area (Å²) in [5, 5.41) is 3.57. The maximum Gasteiger partial charge on any atom is 0.321 e. The molecule has 132 valence electrons. The lowest BCUT2D eigenvalue weighted by Gasteiger charge is -2.07. The van der Waals surface area contributed by atoms with Crippen molar-refractivity contribution in [3.8, 4) is 11.8 Å². The molecule has 0 saturated carbocycles. The van der Waals surface area contributed by atoms with Crippen molar-refractivity contribution >= 4 is 35.0 Å². The minimum absolute atomic E-state index is 0.0513. The fourth-order valence-electron chi connectivity index (χ4n) is 2.09. The van der Waals surface area contributed by atoms with Crippen LogP contribution in [0.25, 0.3) is 0 Å². The summed E-state index contributed by atoms with van der Waals surface area (Å²) in [6.07, 6.45) is 3.61. The van der Waals surface area contributed by atoms with Crippen LogP contribution in [0.3, 0.4) is 0 Å². The second-order valence-electron chi connectivity index (χ2n) is 5.23. The largest absolute Gasteiger partial charge is 0.424 e. The topological polar surface area (TPSA) is 64.1 Å². The summed E-state index contributed by atoms with van der Waals surface area (Å²) in [5.41, 5.74) is 0.707. The molecule has 1 amide bonds. The SMILES string of the molecule is O=C(CCSc1ccccc1Cl)Nc1ccc(Oc2ncccn2)cc1. The van der Waals surface area contributed by atoms with Crippen molar-refractivity contribution in [2.75, 3.05) is 11.1 Å². The van der Waals surface area contributed by atoms with Crippen LogP contribution in [-0.2, 0) is 4.79 Å². The molecule has 0 atom stereocenters. The van der Waals surface area contributed by atoms with Gasteiger partial charge in [-0.25, -0.2) is 9.97 Å². The number of ether oxygens (including phenoxy) is 1. The summed E-state index contributed by atoms with van der Waals surface area (Å²) in [5.74, 6) is 1.20. The first-order valence-corrected chi connectivity index (χ1v) is 9.29. The van der Waals surface area contributed by atoms with E-state index in [2.05, 4.69) is 15.3 Å². The first kappa shape index (κ1) is 18.2. The van der Waals surface area contributed by atoms with Crippen molar-refractivity contribution in [3.05, 3.63) is 72.0 Å². The van der Waals surface area contributed by atoms with Crippen LogP contribution in [0, 0.1) is 0 Å². The van der Waals surface area contributed by atoms with Gasteiger partial charge in [-0.05, 0) is 42.5 Å². The highest BCUT2D eigenvalue weighted by Gasteiger charge is 2.06. The van der Waals surface area contributed by atoms with Crippen LogP contribution in [-0.4, -0.2) is 21.6 Å². The van der Waals surface area contributed by atoms with Crippen molar-refractivity contribution in [1.29, 1.82) is 0 Å². The minimum atomic E-state index is -0.0513. The summed E-state index contributed by atoms with van der Waals surface area (Å²) in [7, 11) is 0. The molecule has 0 aliphatic carbocycles. The zero-order valence-corrected chi connectivity index (χ0v) is 15.3. The smallest absolute Gasteiger partial charge is 0.321 e. The highest BCUT2D eigenvalue weighted by Crippen LogP contribution is 2.27. The Labute approximate surface area is 160 Å². The number of thioether (sulfide) groups is 1. The van der Waals surface area contributed by atoms with Crippen LogP contribution in [0.2, 0.25) is 5.02 Å². The average Bonchev–Trinajstić information content (AvgIpc) is 2.66. The average molecular weight is 386 g/mol. The standard InChI is InChI=1S/C19H16ClN3O2S/c20-16-4-1-2-5-17(16)26-13-10-18(24)23-14-6-8-15(9-7-14)25-19-21-11-3-12-22-19/h1-9,11-12H,10,13H2,(H,23,24). The Bertz CT molecular complexity index is 860. The number of hydrogen-bond donors (Lipinski definition) is 1. The molecular weight excluding hydrogens is 370 g/mol. The van der Waals surface area contributed by atoms with Gasteiger partial charge in [-0.1, -0.05) is 23.7 Å². The Morgan fingerprint density at radius 3 is 2.50 bits per heavy atom. The number of benzene rings is 2. The van der Waals surface area contributed by atoms with E-state index in [1.807, 2.05) is 24.3 Å². The second-order valence-corrected chi connectivity index (χ2v) is 6.78. The van der Waals surface area contributed by atoms with Gasteiger partial charge in [0.15, 0.2) is 0 Å². The maximum atomic E-state index is 12.1. The highest BCUT2D eigenvalue weighted by molar-refractivity contribution is 7.99. The molecule has 2 aromatic carbocycles. The molecule has 0 bridgehead atoms. The summed E-state index contributed by atoms with van der Waals surface area (Å²) < 4.78 is 5.51. The molecule has 1 aromatic heterocycles. The third kappa shape index (κ3) is 5.47. The van der Waals surface area contributed by atoms with Gasteiger partial charge in [0.05, 0.1) is 5.02 Å². The molecule has 3 rings (SSSR count). The number of hydrogen-bond acceptors (Lipinski definition) is 5. The van der Waals surface area contributed by atoms with Crippen LogP contribution < -0.4 is 10.1 Å². The number of carbonyl (C=O) groups excluding carboxylic acids is 1. The quantitative estimate of drug-likeness (QED) is 0.577. The van der Waals surface area contributed by atoms with Crippen molar-refractivity contribution in [3.63, 3.8) is 0 Å². The van der Waals surface area contributed by atoms with Gasteiger partial charge in [-0.3, -0.25) is 4.79 Å². The lowest BCUT2D eigenvalue weighted by atomic mass is 10.3. The molecule has 0 saturated heterocycles. The van der Waals surface area contributed by atoms with Gasteiger partial charge < -0.3 is 10.1 Å². The molecule has 0 radical (unpaired) electrons. The Morgan fingerprint density at radius 2 is 1.77 bits per heavy atom. The fourth-order valence-corrected chi connectivity index (χ4v) is 3.28. The Morgan fingerprint density at radius 1 is 1.04 bits per heavy atom. The van der Waals surface area contributed by atoms with E-state index in [0.717, 1.165) is 4.90 Å². The summed E-state index contributed by atoms with van der Waals surface area (Å²) >= 11 is 7.66. The van der Waals surface area contributed by atoms with E-state index in [0.29, 0.717) is 28.6 Å². The summed E-state index contributed by atoms with van der Waals surface area (Å²) in [6.45, 7) is 0. The molecule has 7 heteroatoms. The fraction of sp³-hybridized carbons (Fsp3) is 0.105. The molecule has 26 heavy (non-hydrogen) atoms. The van der Waals surface area contributed by atoms with Gasteiger partial charge in [-0.15, -0.1) is 11.8 Å². The van der Waals surface area contributed by atoms with Crippen LogP contribution in [0.1, 0.15) is 6.42 Å². The van der Waals surface area contributed by atoms with E-state index >= 15 is 0 Å². The lowest BCUT2D eigenvalue weighted by molar-refractivity contribution is -0.115. The van der Waals surface area contributed by atoms with Crippen LogP contribution in [0.4, 0.5) is 5.69 Å². The van der Waals surface area contributed by atoms with E-state index < -0.39 is 0 Å². The van der Waals surface area contributed by atoms with Crippen LogP contribution in [0.15, 0.2) is 71.9 Å². The Balaban J connectivity index is 1.46. The van der Waals surface area contributed by atoms with Crippen molar-refractivity contribution < 1.29 is 9.53 Å². The second kappa shape index (κ2) is 9.22. The Hall–Kier alpha value is -2.57. The number of nitrogens with one attached hydrogen (secondary N) is 1. The normalized spacial score (nSPS) is 10.3. The molecule has 0 fully saturated rings. The van der Waals surface area contributed by atoms with Gasteiger partial charge in [0.25, 0.3) is 0 Å². The summed E-state index contributed by atoms with van der Waals surface area (Å²) in [4.78, 5) is 21.0. The van der Waals surface area contributed by atoms with E-state index in [-0.39, 0.29) is 11.9 Å². The van der Waals surface area contributed by atoms with Crippen molar-refractivity contribution in [1.82, 2.24) is 9.97 Å². The van der Waals surface area contributed by atoms with Crippen molar-refractivity contribution in [2.45, 2.75) is 11.3 Å². The number of aromatic nitrogens is 2. The molecule has 5 nitrogen and oxygen atoms in total. The van der Waals surface area contributed by atoms with E-state index in [1.54, 1.807) is 54.5 Å². The lowest BCUT2D eigenvalue weighted by Crippen LogP contribution is -2.12. The molecule has 0 aliphatic heterocycles. The molecule has 3 aromatic rings. The third-order valence-electron chi connectivity index (χ3n) is 3.31. The van der Waals surface area contributed by atoms with Gasteiger partial charge >= 0.3 is 6.01 Å². The molecule has 0 unspecified atom stereocenters. The highest BCUT2D eigenvalue weighted by atomic mass is 35.5. The zero-order valence-electron chi connectivity index (χ0n) is 13.8. The third-order valence-corrected chi connectivity index (χ3v) is 4.83. The van der Waals surface area contributed by atoms with E-state index in [1.165, 1.54) is 0 Å². The number of halogens is 1. The number of carbonyl (C=O) groups is 1. The van der Waals surface area contributed by atoms with Crippen molar-refractivity contribution in [2.24, 2.45) is 0 Å². The maximum absolute atomic E-state index is 12.1. The predicted octanol–water partition coefficient (Wildman–Crippen LogP) is 5.04. The van der Waals surface area contributed by atoms with E-state index in [9.17, 15) is 4.79 Å². The number of amides is 1. The van der Waals surface area contributed by atoms with Gasteiger partial charge in [0.1, 0.15) is 5.75 Å². The first-order chi connectivity index (χ1) is 12.7. The number of nitrogens with zero attached hydrogens (tertiary/aromatic N) is 2. The number of rotatable bonds is 7. The van der Waals surface area contributed by atoms with Crippen LogP contribution in [0.5, 0.6) is 11.8 Å².